The van der Waals surface area contributed by atoms with Crippen LogP contribution in [0, 0.1) is 12.3 Å². The Bertz CT molecular complexity index is 2170. The third-order valence-corrected chi connectivity index (χ3v) is 11.0. The zero-order valence-electron chi connectivity index (χ0n) is 33.7. The zero-order valence-corrected chi connectivity index (χ0v) is 34.6. The molecule has 1 aliphatic rings. The normalized spacial score (nSPS) is 15.8. The van der Waals surface area contributed by atoms with Gasteiger partial charge in [-0.25, -0.2) is 15.0 Å². The van der Waals surface area contributed by atoms with Crippen molar-refractivity contribution in [2.45, 2.75) is 65.3 Å². The number of hydrogen-bond donors (Lipinski definition) is 3. The first-order valence-electron chi connectivity index (χ1n) is 19.3. The van der Waals surface area contributed by atoms with Gasteiger partial charge in [0.1, 0.15) is 37.1 Å². The molecule has 1 aliphatic heterocycles. The van der Waals surface area contributed by atoms with E-state index in [1.165, 1.54) is 0 Å². The number of nitrogens with zero attached hydrogens (tertiary/aromatic N) is 4. The van der Waals surface area contributed by atoms with Crippen LogP contribution in [0.3, 0.4) is 0 Å². The number of thiazole rings is 1. The molecule has 2 aromatic heterocycles. The van der Waals surface area contributed by atoms with Crippen LogP contribution in [0.5, 0.6) is 11.5 Å². The predicted octanol–water partition coefficient (Wildman–Crippen LogP) is 6.37. The van der Waals surface area contributed by atoms with Gasteiger partial charge in [-0.15, -0.1) is 11.3 Å². The summed E-state index contributed by atoms with van der Waals surface area (Å²) in [5, 5.41) is 16.9. The van der Waals surface area contributed by atoms with E-state index in [1.54, 1.807) is 29.7 Å². The lowest BCUT2D eigenvalue weighted by Gasteiger charge is -2.36. The Morgan fingerprint density at radius 2 is 1.72 bits per heavy atom. The molecule has 0 radical (unpaired) electrons. The second-order valence-corrected chi connectivity index (χ2v) is 16.3. The number of aliphatic hydroxyl groups is 1. The third kappa shape index (κ3) is 11.1. The number of carbonyl (C=O) groups excluding carboxylic acids is 2. The number of aromatic nitrogens is 3. The number of likely N-dealkylation sites (tertiary alicyclic amines) is 1. The molecule has 12 nitrogen and oxygen atoms in total. The molecule has 3 N–H and O–H groups in total. The van der Waals surface area contributed by atoms with E-state index >= 15 is 0 Å². The molecule has 3 aromatic carbocycles. The molecule has 13 heteroatoms. The number of aryl methyl sites for hydroxylation is 1. The van der Waals surface area contributed by atoms with E-state index in [2.05, 4.69) is 56.4 Å². The maximum Gasteiger partial charge on any atom is 0.246 e. The van der Waals surface area contributed by atoms with Crippen LogP contribution >= 0.6 is 11.3 Å². The van der Waals surface area contributed by atoms with Crippen LogP contribution in [0.25, 0.3) is 21.7 Å². The van der Waals surface area contributed by atoms with Gasteiger partial charge in [0, 0.05) is 42.9 Å². The summed E-state index contributed by atoms with van der Waals surface area (Å²) in [7, 11) is 1.65. The highest BCUT2D eigenvalue weighted by Gasteiger charge is 2.42. The number of ether oxygens (including phenoxy) is 3. The Labute approximate surface area is 344 Å². The first-order chi connectivity index (χ1) is 27.9. The monoisotopic (exact) mass is 804 g/mol. The fourth-order valence-electron chi connectivity index (χ4n) is 6.82. The van der Waals surface area contributed by atoms with Crippen LogP contribution in [0.2, 0.25) is 0 Å². The van der Waals surface area contributed by atoms with Crippen molar-refractivity contribution in [2.24, 2.45) is 5.41 Å². The van der Waals surface area contributed by atoms with E-state index in [1.807, 2.05) is 87.8 Å². The van der Waals surface area contributed by atoms with Crippen LogP contribution in [-0.2, 0) is 27.3 Å². The van der Waals surface area contributed by atoms with Gasteiger partial charge >= 0.3 is 0 Å². The standard InChI is InChI=1S/C45H52N6O6S/c1-29(46-24-32-10-14-33(15-11-32)42-30(2)49-28-58-42)40-23-36(52)25-51(40)44(54)43(45(3,4)5)50-41(53)26-56-18-19-57-38-9-7-8-34(21-38)39-22-35(47-27-48-39)20-31-12-16-37(55-6)17-13-31/h7-17,21-22,27-28,36,40,43,46,52H,1,18-20,23-26H2,2-6H3,(H,50,53)/t36-,40+,43-/m1/s1. The molecule has 3 atom stereocenters. The van der Waals surface area contributed by atoms with Gasteiger partial charge in [-0.05, 0) is 59.4 Å². The van der Waals surface area contributed by atoms with Crippen molar-refractivity contribution in [1.82, 2.24) is 30.5 Å². The lowest BCUT2D eigenvalue weighted by Crippen LogP contribution is -2.57. The molecule has 6 rings (SSSR count). The predicted molar refractivity (Wildman–Crippen MR) is 225 cm³/mol. The Morgan fingerprint density at radius 3 is 2.43 bits per heavy atom. The van der Waals surface area contributed by atoms with E-state index in [0.29, 0.717) is 30.8 Å². The van der Waals surface area contributed by atoms with E-state index < -0.39 is 29.5 Å². The van der Waals surface area contributed by atoms with Gasteiger partial charge < -0.3 is 34.9 Å². The van der Waals surface area contributed by atoms with Crippen LogP contribution in [0.15, 0.2) is 103 Å². The number of methoxy groups -OCH3 is 1. The minimum Gasteiger partial charge on any atom is -0.497 e. The van der Waals surface area contributed by atoms with Gasteiger partial charge in [0.25, 0.3) is 0 Å². The topological polar surface area (TPSA) is 148 Å². The number of aliphatic hydroxyl groups excluding tert-OH is 1. The van der Waals surface area contributed by atoms with Gasteiger partial charge in [-0.2, -0.15) is 0 Å². The minimum absolute atomic E-state index is 0.146. The zero-order chi connectivity index (χ0) is 41.2. The smallest absolute Gasteiger partial charge is 0.246 e. The summed E-state index contributed by atoms with van der Waals surface area (Å²) in [6, 6.07) is 24.4. The average molecular weight is 805 g/mol. The fraction of sp³-hybridized carbons (Fsp3) is 0.356. The van der Waals surface area contributed by atoms with Gasteiger partial charge in [-0.1, -0.05) is 75.9 Å². The molecule has 2 amide bonds. The van der Waals surface area contributed by atoms with E-state index in [-0.39, 0.29) is 32.3 Å². The van der Waals surface area contributed by atoms with Crippen molar-refractivity contribution in [3.05, 3.63) is 125 Å². The number of amides is 2. The number of hydrogen-bond acceptors (Lipinski definition) is 11. The summed E-state index contributed by atoms with van der Waals surface area (Å²) in [4.78, 5) is 43.2. The molecule has 1 fully saturated rings. The summed E-state index contributed by atoms with van der Waals surface area (Å²) in [6.07, 6.45) is 1.86. The van der Waals surface area contributed by atoms with Crippen LogP contribution in [0.1, 0.15) is 49.7 Å². The molecular formula is C45H52N6O6S. The molecule has 0 aliphatic carbocycles. The highest BCUT2D eigenvalue weighted by atomic mass is 32.1. The quantitative estimate of drug-likeness (QED) is 0.0907. The molecular weight excluding hydrogens is 753 g/mol. The average Bonchev–Trinajstić information content (AvgIpc) is 3.84. The van der Waals surface area contributed by atoms with Crippen LogP contribution in [-0.4, -0.2) is 88.4 Å². The highest BCUT2D eigenvalue weighted by Crippen LogP contribution is 2.30. The Kier molecular flexibility index (Phi) is 13.9. The van der Waals surface area contributed by atoms with E-state index in [0.717, 1.165) is 50.0 Å². The van der Waals surface area contributed by atoms with Gasteiger partial charge in [0.2, 0.25) is 11.8 Å². The molecule has 3 heterocycles. The first-order valence-corrected chi connectivity index (χ1v) is 20.2. The molecule has 58 heavy (non-hydrogen) atoms. The summed E-state index contributed by atoms with van der Waals surface area (Å²) < 4.78 is 16.9. The lowest BCUT2D eigenvalue weighted by molar-refractivity contribution is -0.141. The third-order valence-electron chi connectivity index (χ3n) is 9.99. The Balaban J connectivity index is 0.969. The second-order valence-electron chi connectivity index (χ2n) is 15.5. The van der Waals surface area contributed by atoms with Gasteiger partial charge in [0.05, 0.1) is 47.6 Å². The molecule has 0 saturated carbocycles. The molecule has 0 spiro atoms. The number of benzene rings is 3. The van der Waals surface area contributed by atoms with Crippen LogP contribution < -0.4 is 20.1 Å². The van der Waals surface area contributed by atoms with Gasteiger partial charge in [0.15, 0.2) is 0 Å². The van der Waals surface area contributed by atoms with Crippen molar-refractivity contribution in [2.75, 3.05) is 33.5 Å². The van der Waals surface area contributed by atoms with Crippen molar-refractivity contribution >= 4 is 23.2 Å². The number of nitrogens with one attached hydrogen (secondary N) is 2. The Morgan fingerprint density at radius 1 is 0.966 bits per heavy atom. The lowest BCUT2D eigenvalue weighted by atomic mass is 9.85. The van der Waals surface area contributed by atoms with Gasteiger partial charge in [-0.3, -0.25) is 9.59 Å². The van der Waals surface area contributed by atoms with E-state index in [9.17, 15) is 14.7 Å². The first kappa shape index (κ1) is 42.0. The Hall–Kier alpha value is -5.63. The summed E-state index contributed by atoms with van der Waals surface area (Å²) in [5.74, 6) is 0.738. The minimum atomic E-state index is -0.857. The maximum atomic E-state index is 14.1. The van der Waals surface area contributed by atoms with Crippen molar-refractivity contribution in [3.63, 3.8) is 0 Å². The largest absolute Gasteiger partial charge is 0.497 e. The molecule has 5 aromatic rings. The highest BCUT2D eigenvalue weighted by molar-refractivity contribution is 7.13. The van der Waals surface area contributed by atoms with Crippen molar-refractivity contribution in [3.8, 4) is 33.2 Å². The van der Waals surface area contributed by atoms with Crippen molar-refractivity contribution in [1.29, 1.82) is 0 Å². The van der Waals surface area contributed by atoms with Crippen molar-refractivity contribution < 1.29 is 28.9 Å². The van der Waals surface area contributed by atoms with E-state index in [4.69, 9.17) is 14.2 Å². The fourth-order valence-corrected chi connectivity index (χ4v) is 7.64. The number of carbonyl (C=O) groups is 2. The van der Waals surface area contributed by atoms with Crippen LogP contribution in [0.4, 0.5) is 0 Å². The summed E-state index contributed by atoms with van der Waals surface area (Å²) in [5.41, 5.74) is 8.70. The number of β-amino-alcohol motifs (C(OH)–C–C–N with tert-alkyl or cyclic N) is 1. The second kappa shape index (κ2) is 19.2. The SMILES string of the molecule is C=C(NCc1ccc(-c2scnc2C)cc1)[C@@H]1C[C@@H](O)CN1C(=O)[C@@H](NC(=O)COCCOc1cccc(-c2cc(Cc3ccc(OC)cc3)ncn2)c1)C(C)(C)C. The summed E-state index contributed by atoms with van der Waals surface area (Å²) in [6.45, 7) is 12.7. The molecule has 1 saturated heterocycles. The maximum absolute atomic E-state index is 14.1. The molecule has 0 unspecified atom stereocenters. The number of rotatable bonds is 17. The molecule has 304 valence electrons. The molecule has 0 bridgehead atoms. The summed E-state index contributed by atoms with van der Waals surface area (Å²) >= 11 is 1.61.